The molecule has 14 heavy (non-hydrogen) atoms. The Balaban J connectivity index is 2.17. The normalized spacial score (nSPS) is 26.6. The summed E-state index contributed by atoms with van der Waals surface area (Å²) in [5.74, 6) is -1.79. The monoisotopic (exact) mass is 201 g/mol. The van der Waals surface area contributed by atoms with Crippen molar-refractivity contribution in [3.05, 3.63) is 23.7 Å². The third-order valence-electron chi connectivity index (χ3n) is 2.72. The third-order valence-corrected chi connectivity index (χ3v) is 2.72. The lowest BCUT2D eigenvalue weighted by atomic mass is 10.2. The van der Waals surface area contributed by atoms with Crippen LogP contribution in [0.25, 0.3) is 0 Å². The smallest absolute Gasteiger partial charge is 0.316 e. The average Bonchev–Trinajstić information content (AvgIpc) is 2.70. The van der Waals surface area contributed by atoms with Gasteiger partial charge in [0.2, 0.25) is 0 Å². The van der Waals surface area contributed by atoms with Crippen molar-refractivity contribution >= 4 is 0 Å². The van der Waals surface area contributed by atoms with E-state index in [2.05, 4.69) is 6.92 Å². The molecule has 4 heteroatoms. The highest BCUT2D eigenvalue weighted by molar-refractivity contribution is 5.19. The molecule has 1 fully saturated rings. The fourth-order valence-electron chi connectivity index (χ4n) is 1.57. The second kappa shape index (κ2) is 3.05. The third kappa shape index (κ3) is 1.54. The Hall–Kier alpha value is -0.900. The van der Waals surface area contributed by atoms with E-state index in [9.17, 15) is 8.78 Å². The van der Waals surface area contributed by atoms with Crippen LogP contribution in [0.15, 0.2) is 16.5 Å². The summed E-state index contributed by atoms with van der Waals surface area (Å²) in [7, 11) is 0. The standard InChI is InChI=1S/C10H13F2NO/c1-6-4-7(6)8-2-3-9(14-8)10(11,12)5-13/h2-3,6-7H,4-5,13H2,1H3. The topological polar surface area (TPSA) is 39.2 Å². The summed E-state index contributed by atoms with van der Waals surface area (Å²) in [6, 6.07) is 2.96. The van der Waals surface area contributed by atoms with Crippen LogP contribution in [0.3, 0.4) is 0 Å². The molecule has 2 unspecified atom stereocenters. The lowest BCUT2D eigenvalue weighted by Gasteiger charge is -2.09. The first-order valence-electron chi connectivity index (χ1n) is 4.72. The Bertz CT molecular complexity index is 335. The van der Waals surface area contributed by atoms with E-state index in [1.807, 2.05) is 0 Å². The summed E-state index contributed by atoms with van der Waals surface area (Å²) in [5, 5.41) is 0. The molecule has 2 nitrogen and oxygen atoms in total. The second-order valence-corrected chi connectivity index (χ2v) is 3.93. The van der Waals surface area contributed by atoms with E-state index in [1.54, 1.807) is 6.07 Å². The van der Waals surface area contributed by atoms with Gasteiger partial charge in [0, 0.05) is 5.92 Å². The predicted octanol–water partition coefficient (Wildman–Crippen LogP) is 2.45. The zero-order chi connectivity index (χ0) is 10.3. The van der Waals surface area contributed by atoms with Gasteiger partial charge in [-0.15, -0.1) is 0 Å². The highest BCUT2D eigenvalue weighted by Crippen LogP contribution is 2.48. The van der Waals surface area contributed by atoms with Crippen molar-refractivity contribution in [1.29, 1.82) is 0 Å². The van der Waals surface area contributed by atoms with Crippen molar-refractivity contribution in [2.45, 2.75) is 25.2 Å². The lowest BCUT2D eigenvalue weighted by Crippen LogP contribution is -2.24. The van der Waals surface area contributed by atoms with Crippen LogP contribution < -0.4 is 5.73 Å². The van der Waals surface area contributed by atoms with Gasteiger partial charge in [0.05, 0.1) is 6.54 Å². The van der Waals surface area contributed by atoms with E-state index in [4.69, 9.17) is 10.2 Å². The van der Waals surface area contributed by atoms with E-state index < -0.39 is 12.5 Å². The molecule has 2 rings (SSSR count). The first kappa shape index (κ1) is 9.65. The molecule has 0 saturated heterocycles. The second-order valence-electron chi connectivity index (χ2n) is 3.93. The van der Waals surface area contributed by atoms with E-state index in [-0.39, 0.29) is 5.76 Å². The van der Waals surface area contributed by atoms with Crippen LogP contribution in [-0.4, -0.2) is 6.54 Å². The number of nitrogens with two attached hydrogens (primary N) is 1. The highest BCUT2D eigenvalue weighted by atomic mass is 19.3. The largest absolute Gasteiger partial charge is 0.459 e. The Kier molecular flexibility index (Phi) is 2.10. The van der Waals surface area contributed by atoms with Crippen LogP contribution in [0.2, 0.25) is 0 Å². The molecule has 2 atom stereocenters. The van der Waals surface area contributed by atoms with Crippen LogP contribution >= 0.6 is 0 Å². The molecule has 0 spiro atoms. The molecule has 1 aliphatic carbocycles. The number of alkyl halides is 2. The molecule has 0 aromatic carbocycles. The van der Waals surface area contributed by atoms with E-state index in [0.717, 1.165) is 6.42 Å². The highest BCUT2D eigenvalue weighted by Gasteiger charge is 2.39. The molecule has 1 saturated carbocycles. The van der Waals surface area contributed by atoms with Gasteiger partial charge in [-0.3, -0.25) is 0 Å². The van der Waals surface area contributed by atoms with Gasteiger partial charge in [-0.25, -0.2) is 0 Å². The van der Waals surface area contributed by atoms with Gasteiger partial charge in [-0.1, -0.05) is 6.92 Å². The Labute approximate surface area is 81.1 Å². The molecule has 78 valence electrons. The molecule has 1 aromatic rings. The maximum atomic E-state index is 13.1. The molecule has 0 aliphatic heterocycles. The van der Waals surface area contributed by atoms with Gasteiger partial charge in [-0.05, 0) is 24.5 Å². The maximum Gasteiger partial charge on any atom is 0.316 e. The summed E-state index contributed by atoms with van der Waals surface area (Å²) >= 11 is 0. The van der Waals surface area contributed by atoms with E-state index in [1.165, 1.54) is 6.07 Å². The number of furan rings is 1. The minimum absolute atomic E-state index is 0.311. The first-order valence-corrected chi connectivity index (χ1v) is 4.72. The van der Waals surface area contributed by atoms with Gasteiger partial charge in [0.1, 0.15) is 5.76 Å². The SMILES string of the molecule is CC1CC1c1ccc(C(F)(F)CN)o1. The lowest BCUT2D eigenvalue weighted by molar-refractivity contribution is -0.0168. The molecule has 2 N–H and O–H groups in total. The van der Waals surface area contributed by atoms with Crippen LogP contribution in [0.5, 0.6) is 0 Å². The molecule has 1 aliphatic rings. The summed E-state index contributed by atoms with van der Waals surface area (Å²) in [5.41, 5.74) is 4.96. The number of rotatable bonds is 3. The van der Waals surface area contributed by atoms with Crippen LogP contribution in [0.4, 0.5) is 8.78 Å². The molecule has 0 amide bonds. The number of hydrogen-bond acceptors (Lipinski definition) is 2. The minimum atomic E-state index is -3.03. The minimum Gasteiger partial charge on any atom is -0.459 e. The maximum absolute atomic E-state index is 13.1. The Morgan fingerprint density at radius 1 is 1.57 bits per heavy atom. The number of halogens is 2. The molecule has 0 bridgehead atoms. The molecule has 0 radical (unpaired) electrons. The van der Waals surface area contributed by atoms with Crippen molar-refractivity contribution in [3.63, 3.8) is 0 Å². The van der Waals surface area contributed by atoms with Crippen molar-refractivity contribution in [1.82, 2.24) is 0 Å². The molecule has 1 aromatic heterocycles. The van der Waals surface area contributed by atoms with Crippen molar-refractivity contribution in [3.8, 4) is 0 Å². The quantitative estimate of drug-likeness (QED) is 0.815. The summed E-state index contributed by atoms with van der Waals surface area (Å²) < 4.78 is 31.2. The fourth-order valence-corrected chi connectivity index (χ4v) is 1.57. The van der Waals surface area contributed by atoms with Gasteiger partial charge in [0.15, 0.2) is 5.76 Å². The van der Waals surface area contributed by atoms with E-state index >= 15 is 0 Å². The van der Waals surface area contributed by atoms with Gasteiger partial charge in [-0.2, -0.15) is 8.78 Å². The van der Waals surface area contributed by atoms with Crippen LogP contribution in [-0.2, 0) is 5.92 Å². The predicted molar refractivity (Wildman–Crippen MR) is 48.2 cm³/mol. The zero-order valence-electron chi connectivity index (χ0n) is 7.97. The fraction of sp³-hybridized carbons (Fsp3) is 0.600. The van der Waals surface area contributed by atoms with Crippen molar-refractivity contribution in [2.24, 2.45) is 11.7 Å². The number of hydrogen-bond donors (Lipinski definition) is 1. The van der Waals surface area contributed by atoms with Crippen molar-refractivity contribution in [2.75, 3.05) is 6.54 Å². The zero-order valence-corrected chi connectivity index (χ0v) is 7.97. The van der Waals surface area contributed by atoms with Crippen LogP contribution in [0.1, 0.15) is 30.8 Å². The molecular formula is C10H13F2NO. The molecular weight excluding hydrogens is 188 g/mol. The molecule has 1 heterocycles. The average molecular weight is 201 g/mol. The van der Waals surface area contributed by atoms with Crippen molar-refractivity contribution < 1.29 is 13.2 Å². The van der Waals surface area contributed by atoms with Gasteiger partial charge >= 0.3 is 5.92 Å². The Morgan fingerprint density at radius 3 is 2.71 bits per heavy atom. The van der Waals surface area contributed by atoms with Gasteiger partial charge < -0.3 is 10.2 Å². The van der Waals surface area contributed by atoms with E-state index in [0.29, 0.717) is 17.6 Å². The summed E-state index contributed by atoms with van der Waals surface area (Å²) in [6.45, 7) is 1.37. The van der Waals surface area contributed by atoms with Gasteiger partial charge in [0.25, 0.3) is 0 Å². The summed E-state index contributed by atoms with van der Waals surface area (Å²) in [6.07, 6.45) is 1.03. The van der Waals surface area contributed by atoms with Crippen LogP contribution in [0, 0.1) is 5.92 Å². The first-order chi connectivity index (χ1) is 6.54. The Morgan fingerprint density at radius 2 is 2.21 bits per heavy atom. The summed E-state index contributed by atoms with van der Waals surface area (Å²) in [4.78, 5) is 0.